The molecule has 2 aliphatic heterocycles. The highest BCUT2D eigenvalue weighted by Gasteiger charge is 2.17. The maximum absolute atomic E-state index is 2.63. The van der Waals surface area contributed by atoms with Gasteiger partial charge in [-0.2, -0.15) is 0 Å². The van der Waals surface area contributed by atoms with Crippen molar-refractivity contribution in [2.45, 2.75) is 39.5 Å². The molecule has 0 spiro atoms. The first kappa shape index (κ1) is 16.8. The Kier molecular flexibility index (Phi) is 5.60. The minimum atomic E-state index is 1.22. The zero-order valence-electron chi connectivity index (χ0n) is 15.3. The summed E-state index contributed by atoms with van der Waals surface area (Å²) in [6, 6.07) is 4.76. The van der Waals surface area contributed by atoms with Gasteiger partial charge >= 0.3 is 0 Å². The summed E-state index contributed by atoms with van der Waals surface area (Å²) in [6.45, 7) is 13.3. The molecule has 23 heavy (non-hydrogen) atoms. The third-order valence-corrected chi connectivity index (χ3v) is 5.83. The highest BCUT2D eigenvalue weighted by atomic mass is 15.2. The highest BCUT2D eigenvalue weighted by Crippen LogP contribution is 2.28. The van der Waals surface area contributed by atoms with Gasteiger partial charge in [-0.05, 0) is 75.9 Å². The molecule has 0 bridgehead atoms. The molecule has 3 heteroatoms. The van der Waals surface area contributed by atoms with Crippen molar-refractivity contribution in [1.82, 2.24) is 9.80 Å². The van der Waals surface area contributed by atoms with E-state index in [1.54, 1.807) is 5.56 Å². The van der Waals surface area contributed by atoms with Gasteiger partial charge in [-0.15, -0.1) is 0 Å². The van der Waals surface area contributed by atoms with Crippen LogP contribution in [0.15, 0.2) is 12.1 Å². The molecule has 0 saturated carbocycles. The summed E-state index contributed by atoms with van der Waals surface area (Å²) in [7, 11) is 2.23. The van der Waals surface area contributed by atoms with E-state index in [1.165, 1.54) is 88.3 Å². The van der Waals surface area contributed by atoms with Crippen LogP contribution in [0.1, 0.15) is 36.0 Å². The second-order valence-corrected chi connectivity index (χ2v) is 7.44. The SMILES string of the molecule is Cc1c(CCCN2CCN(C)CC2)ccc(N2CCCC2)c1C. The van der Waals surface area contributed by atoms with Crippen molar-refractivity contribution in [3.8, 4) is 0 Å². The predicted octanol–water partition coefficient (Wildman–Crippen LogP) is 3.08. The van der Waals surface area contributed by atoms with Gasteiger partial charge in [0.15, 0.2) is 0 Å². The molecule has 0 radical (unpaired) electrons. The molecular weight excluding hydrogens is 282 g/mol. The maximum Gasteiger partial charge on any atom is 0.0398 e. The predicted molar refractivity (Wildman–Crippen MR) is 99.6 cm³/mol. The van der Waals surface area contributed by atoms with E-state index in [1.807, 2.05) is 0 Å². The van der Waals surface area contributed by atoms with Crippen molar-refractivity contribution in [1.29, 1.82) is 0 Å². The van der Waals surface area contributed by atoms with Gasteiger partial charge in [-0.3, -0.25) is 0 Å². The summed E-state index contributed by atoms with van der Waals surface area (Å²) >= 11 is 0. The van der Waals surface area contributed by atoms with E-state index in [0.717, 1.165) is 0 Å². The van der Waals surface area contributed by atoms with Crippen LogP contribution in [-0.4, -0.2) is 62.7 Å². The number of nitrogens with zero attached hydrogens (tertiary/aromatic N) is 3. The summed E-state index contributed by atoms with van der Waals surface area (Å²) in [5.74, 6) is 0. The van der Waals surface area contributed by atoms with Crippen molar-refractivity contribution >= 4 is 5.69 Å². The minimum absolute atomic E-state index is 1.22. The van der Waals surface area contributed by atoms with Crippen LogP contribution in [0.3, 0.4) is 0 Å². The van der Waals surface area contributed by atoms with Crippen molar-refractivity contribution in [3.63, 3.8) is 0 Å². The third-order valence-electron chi connectivity index (χ3n) is 5.83. The van der Waals surface area contributed by atoms with Crippen molar-refractivity contribution in [3.05, 3.63) is 28.8 Å². The van der Waals surface area contributed by atoms with Crippen LogP contribution in [-0.2, 0) is 6.42 Å². The van der Waals surface area contributed by atoms with Gasteiger partial charge in [-0.25, -0.2) is 0 Å². The number of hydrogen-bond acceptors (Lipinski definition) is 3. The van der Waals surface area contributed by atoms with Gasteiger partial charge in [0.05, 0.1) is 0 Å². The second kappa shape index (κ2) is 7.67. The van der Waals surface area contributed by atoms with Gasteiger partial charge in [0, 0.05) is 45.0 Å². The van der Waals surface area contributed by atoms with Gasteiger partial charge in [0.1, 0.15) is 0 Å². The first-order valence-corrected chi connectivity index (χ1v) is 9.40. The molecule has 1 aromatic carbocycles. The lowest BCUT2D eigenvalue weighted by Crippen LogP contribution is -2.44. The molecule has 3 rings (SSSR count). The van der Waals surface area contributed by atoms with Crippen LogP contribution < -0.4 is 4.90 Å². The fourth-order valence-corrected chi connectivity index (χ4v) is 4.00. The van der Waals surface area contributed by atoms with Crippen LogP contribution in [0.5, 0.6) is 0 Å². The van der Waals surface area contributed by atoms with E-state index in [-0.39, 0.29) is 0 Å². The molecule has 2 heterocycles. The van der Waals surface area contributed by atoms with E-state index in [2.05, 4.69) is 47.7 Å². The molecular formula is C20H33N3. The molecule has 2 aliphatic rings. The molecule has 3 nitrogen and oxygen atoms in total. The summed E-state index contributed by atoms with van der Waals surface area (Å²) < 4.78 is 0. The maximum atomic E-state index is 2.63. The zero-order chi connectivity index (χ0) is 16.2. The van der Waals surface area contributed by atoms with Crippen molar-refractivity contribution in [2.75, 3.05) is 57.8 Å². The van der Waals surface area contributed by atoms with Crippen LogP contribution in [0.2, 0.25) is 0 Å². The summed E-state index contributed by atoms with van der Waals surface area (Å²) in [5.41, 5.74) is 6.05. The topological polar surface area (TPSA) is 9.72 Å². The lowest BCUT2D eigenvalue weighted by molar-refractivity contribution is 0.153. The summed E-state index contributed by atoms with van der Waals surface area (Å²) in [4.78, 5) is 7.62. The quantitative estimate of drug-likeness (QED) is 0.827. The zero-order valence-corrected chi connectivity index (χ0v) is 15.3. The molecule has 1 aromatic rings. The summed E-state index contributed by atoms with van der Waals surface area (Å²) in [6.07, 6.45) is 5.21. The van der Waals surface area contributed by atoms with Crippen LogP contribution >= 0.6 is 0 Å². The average Bonchev–Trinajstić information content (AvgIpc) is 3.08. The van der Waals surface area contributed by atoms with Crippen LogP contribution in [0.4, 0.5) is 5.69 Å². The van der Waals surface area contributed by atoms with Crippen molar-refractivity contribution < 1.29 is 0 Å². The Bertz CT molecular complexity index is 512. The molecule has 0 amide bonds. The number of piperazine rings is 1. The standard InChI is InChI=1S/C20H33N3/c1-17-18(2)20(23-11-4-5-12-23)9-8-19(17)7-6-10-22-15-13-21(3)14-16-22/h8-9H,4-7,10-16H2,1-3H3. The van der Waals surface area contributed by atoms with Gasteiger partial charge in [0.2, 0.25) is 0 Å². The van der Waals surface area contributed by atoms with Crippen LogP contribution in [0, 0.1) is 13.8 Å². The first-order valence-electron chi connectivity index (χ1n) is 9.40. The van der Waals surface area contributed by atoms with Gasteiger partial charge in [-0.1, -0.05) is 6.07 Å². The largest absolute Gasteiger partial charge is 0.371 e. The number of likely N-dealkylation sites (N-methyl/N-ethyl adjacent to an activating group) is 1. The fraction of sp³-hybridized carbons (Fsp3) is 0.700. The van der Waals surface area contributed by atoms with E-state index in [4.69, 9.17) is 0 Å². The Hall–Kier alpha value is -1.06. The lowest BCUT2D eigenvalue weighted by Gasteiger charge is -2.32. The monoisotopic (exact) mass is 315 g/mol. The third kappa shape index (κ3) is 4.07. The van der Waals surface area contributed by atoms with Gasteiger partial charge < -0.3 is 14.7 Å². The van der Waals surface area contributed by atoms with E-state index in [9.17, 15) is 0 Å². The van der Waals surface area contributed by atoms with E-state index >= 15 is 0 Å². The van der Waals surface area contributed by atoms with Crippen LogP contribution in [0.25, 0.3) is 0 Å². The highest BCUT2D eigenvalue weighted by molar-refractivity contribution is 5.58. The Labute approximate surface area is 142 Å². The molecule has 2 saturated heterocycles. The number of benzene rings is 1. The first-order chi connectivity index (χ1) is 11.1. The van der Waals surface area contributed by atoms with Crippen molar-refractivity contribution in [2.24, 2.45) is 0 Å². The molecule has 0 atom stereocenters. The average molecular weight is 316 g/mol. The number of rotatable bonds is 5. The molecule has 0 aromatic heterocycles. The number of hydrogen-bond donors (Lipinski definition) is 0. The summed E-state index contributed by atoms with van der Waals surface area (Å²) in [5, 5.41) is 0. The minimum Gasteiger partial charge on any atom is -0.371 e. The molecule has 0 N–H and O–H groups in total. The molecule has 2 fully saturated rings. The number of anilines is 1. The Morgan fingerprint density at radius 1 is 0.870 bits per heavy atom. The molecule has 0 aliphatic carbocycles. The Balaban J connectivity index is 1.54. The molecule has 128 valence electrons. The molecule has 0 unspecified atom stereocenters. The smallest absolute Gasteiger partial charge is 0.0398 e. The Morgan fingerprint density at radius 2 is 1.57 bits per heavy atom. The second-order valence-electron chi connectivity index (χ2n) is 7.44. The van der Waals surface area contributed by atoms with Gasteiger partial charge in [0.25, 0.3) is 0 Å². The van der Waals surface area contributed by atoms with E-state index in [0.29, 0.717) is 0 Å². The normalized spacial score (nSPS) is 20.4. The lowest BCUT2D eigenvalue weighted by atomic mass is 9.97. The Morgan fingerprint density at radius 3 is 2.26 bits per heavy atom. The number of aryl methyl sites for hydroxylation is 1. The van der Waals surface area contributed by atoms with E-state index < -0.39 is 0 Å². The fourth-order valence-electron chi connectivity index (χ4n) is 4.00.